The van der Waals surface area contributed by atoms with E-state index in [4.69, 9.17) is 5.73 Å². The molecule has 0 aromatic carbocycles. The van der Waals surface area contributed by atoms with Crippen molar-refractivity contribution in [3.05, 3.63) is 13.0 Å². The first kappa shape index (κ1) is 6.21. The zero-order chi connectivity index (χ0) is 7.84. The molecule has 1 aromatic rings. The third-order valence-electron chi connectivity index (χ3n) is 1.52. The Balaban J connectivity index is 2.57. The van der Waals surface area contributed by atoms with Gasteiger partial charge in [-0.2, -0.15) is 0 Å². The average molecular weight is 149 g/mol. The maximum atomic E-state index is 5.55. The highest BCUT2D eigenvalue weighted by Crippen LogP contribution is 2.32. The van der Waals surface area contributed by atoms with Crippen molar-refractivity contribution in [2.24, 2.45) is 0 Å². The van der Waals surface area contributed by atoms with Crippen LogP contribution in [0.3, 0.4) is 0 Å². The van der Waals surface area contributed by atoms with Crippen LogP contribution < -0.4 is 16.0 Å². The van der Waals surface area contributed by atoms with Gasteiger partial charge in [-0.3, -0.25) is 0 Å². The molecule has 0 aliphatic carbocycles. The van der Waals surface area contributed by atoms with E-state index in [0.29, 0.717) is 5.82 Å². The normalized spacial score (nSPS) is 14.5. The van der Waals surface area contributed by atoms with Crippen LogP contribution in [0.1, 0.15) is 0 Å². The highest BCUT2D eigenvalue weighted by Gasteiger charge is 2.20. The second kappa shape index (κ2) is 1.98. The van der Waals surface area contributed by atoms with Crippen LogP contribution in [0.4, 0.5) is 17.3 Å². The predicted molar refractivity (Wildman–Crippen MR) is 41.7 cm³/mol. The number of hydrogen-bond donors (Lipinski definition) is 2. The number of nitrogen functional groups attached to an aromatic ring is 1. The summed E-state index contributed by atoms with van der Waals surface area (Å²) in [7, 11) is 1.84. The van der Waals surface area contributed by atoms with E-state index in [1.165, 1.54) is 6.33 Å². The van der Waals surface area contributed by atoms with Crippen molar-refractivity contribution in [2.45, 2.75) is 0 Å². The highest BCUT2D eigenvalue weighted by atomic mass is 15.3. The Bertz CT molecular complexity index is 284. The number of nitrogens with one attached hydrogen (secondary N) is 1. The van der Waals surface area contributed by atoms with Crippen LogP contribution in [0.25, 0.3) is 0 Å². The molecule has 1 aromatic heterocycles. The lowest BCUT2D eigenvalue weighted by molar-refractivity contribution is 1.08. The van der Waals surface area contributed by atoms with Crippen molar-refractivity contribution in [3.8, 4) is 0 Å². The van der Waals surface area contributed by atoms with Gasteiger partial charge in [0, 0.05) is 7.05 Å². The van der Waals surface area contributed by atoms with E-state index in [-0.39, 0.29) is 0 Å². The Morgan fingerprint density at radius 2 is 2.45 bits per heavy atom. The van der Waals surface area contributed by atoms with Crippen molar-refractivity contribution in [1.82, 2.24) is 9.97 Å². The number of nitrogens with zero attached hydrogens (tertiary/aromatic N) is 3. The van der Waals surface area contributed by atoms with E-state index in [9.17, 15) is 0 Å². The van der Waals surface area contributed by atoms with Crippen LogP contribution in [-0.4, -0.2) is 17.0 Å². The largest absolute Gasteiger partial charge is 0.382 e. The van der Waals surface area contributed by atoms with Crippen LogP contribution in [0.2, 0.25) is 0 Å². The molecule has 1 aliphatic rings. The molecule has 2 heterocycles. The maximum Gasteiger partial charge on any atom is 0.207 e. The summed E-state index contributed by atoms with van der Waals surface area (Å²) in [5, 5.41) is 2.84. The first-order chi connectivity index (χ1) is 5.29. The molecule has 2 rings (SSSR count). The van der Waals surface area contributed by atoms with Gasteiger partial charge in [-0.15, -0.1) is 0 Å². The van der Waals surface area contributed by atoms with E-state index in [1.807, 2.05) is 7.05 Å². The Labute approximate surface area is 64.2 Å². The molecule has 0 atom stereocenters. The Hall–Kier alpha value is -1.52. The molecular weight excluding hydrogens is 142 g/mol. The fourth-order valence-corrected chi connectivity index (χ4v) is 0.956. The molecule has 0 spiro atoms. The molecule has 1 aliphatic heterocycles. The van der Waals surface area contributed by atoms with Crippen molar-refractivity contribution >= 4 is 17.3 Å². The van der Waals surface area contributed by atoms with Gasteiger partial charge in [0.05, 0.1) is 0 Å². The Morgan fingerprint density at radius 1 is 1.64 bits per heavy atom. The molecule has 0 bridgehead atoms. The standard InChI is InChI=1S/C6H7N5/c1-11-3-10-4-5(7)8-2-9-6(4)11/h2,10H,1H3,(H2,7,8,9). The lowest BCUT2D eigenvalue weighted by atomic mass is 10.4. The molecule has 2 radical (unpaired) electrons. The molecule has 3 N–H and O–H groups in total. The van der Waals surface area contributed by atoms with E-state index in [2.05, 4.69) is 22.0 Å². The SMILES string of the molecule is CN1[C]Nc2c(N)ncnc21. The van der Waals surface area contributed by atoms with E-state index < -0.39 is 0 Å². The lowest BCUT2D eigenvalue weighted by Gasteiger charge is -2.05. The summed E-state index contributed by atoms with van der Waals surface area (Å²) in [5.41, 5.74) is 6.29. The molecule has 0 fully saturated rings. The summed E-state index contributed by atoms with van der Waals surface area (Å²) in [6.07, 6.45) is 1.43. The summed E-state index contributed by atoms with van der Waals surface area (Å²) in [5.74, 6) is 1.21. The maximum absolute atomic E-state index is 5.55. The lowest BCUT2D eigenvalue weighted by Crippen LogP contribution is -2.10. The summed E-state index contributed by atoms with van der Waals surface area (Å²) < 4.78 is 0. The fraction of sp³-hybridized carbons (Fsp3) is 0.167. The van der Waals surface area contributed by atoms with Gasteiger partial charge < -0.3 is 16.0 Å². The minimum Gasteiger partial charge on any atom is -0.382 e. The average Bonchev–Trinajstić information content (AvgIpc) is 2.35. The third kappa shape index (κ3) is 0.772. The van der Waals surface area contributed by atoms with Gasteiger partial charge in [0.1, 0.15) is 12.0 Å². The third-order valence-corrected chi connectivity index (χ3v) is 1.52. The number of aromatic nitrogens is 2. The van der Waals surface area contributed by atoms with Crippen molar-refractivity contribution in [1.29, 1.82) is 0 Å². The summed E-state index contributed by atoms with van der Waals surface area (Å²) in [4.78, 5) is 9.56. The van der Waals surface area contributed by atoms with Crippen LogP contribution in [0.5, 0.6) is 0 Å². The molecule has 11 heavy (non-hydrogen) atoms. The predicted octanol–water partition coefficient (Wildman–Crippen LogP) is -0.0832. The first-order valence-electron chi connectivity index (χ1n) is 3.15. The molecule has 5 nitrogen and oxygen atoms in total. The van der Waals surface area contributed by atoms with Crippen LogP contribution in [0.15, 0.2) is 6.33 Å². The van der Waals surface area contributed by atoms with E-state index in [0.717, 1.165) is 11.5 Å². The summed E-state index contributed by atoms with van der Waals surface area (Å²) >= 11 is 0. The minimum absolute atomic E-state index is 0.451. The van der Waals surface area contributed by atoms with Gasteiger partial charge in [-0.05, 0) is 0 Å². The van der Waals surface area contributed by atoms with Crippen molar-refractivity contribution < 1.29 is 0 Å². The monoisotopic (exact) mass is 149 g/mol. The Morgan fingerprint density at radius 3 is 3.18 bits per heavy atom. The number of hydrogen-bond acceptors (Lipinski definition) is 5. The fourth-order valence-electron chi connectivity index (χ4n) is 0.956. The van der Waals surface area contributed by atoms with Crippen molar-refractivity contribution in [3.63, 3.8) is 0 Å². The van der Waals surface area contributed by atoms with Crippen LogP contribution in [0, 0.1) is 6.67 Å². The molecular formula is C6H7N5. The van der Waals surface area contributed by atoms with Gasteiger partial charge in [0.25, 0.3) is 0 Å². The van der Waals surface area contributed by atoms with Crippen LogP contribution >= 0.6 is 0 Å². The molecule has 0 saturated heterocycles. The van der Waals surface area contributed by atoms with Crippen LogP contribution in [-0.2, 0) is 0 Å². The second-order valence-electron chi connectivity index (χ2n) is 2.25. The number of fused-ring (bicyclic) bond motifs is 1. The molecule has 56 valence electrons. The molecule has 0 amide bonds. The van der Waals surface area contributed by atoms with Gasteiger partial charge in [0.2, 0.25) is 6.67 Å². The smallest absolute Gasteiger partial charge is 0.207 e. The zero-order valence-electron chi connectivity index (χ0n) is 6.00. The molecule has 5 heteroatoms. The second-order valence-corrected chi connectivity index (χ2v) is 2.25. The molecule has 0 saturated carbocycles. The van der Waals surface area contributed by atoms with Gasteiger partial charge in [0.15, 0.2) is 11.6 Å². The topological polar surface area (TPSA) is 67.1 Å². The molecule has 0 unspecified atom stereocenters. The first-order valence-corrected chi connectivity index (χ1v) is 3.15. The quantitative estimate of drug-likeness (QED) is 0.540. The minimum atomic E-state index is 0.451. The van der Waals surface area contributed by atoms with Gasteiger partial charge in [-0.1, -0.05) is 0 Å². The number of nitrogens with two attached hydrogens (primary N) is 1. The van der Waals surface area contributed by atoms with Crippen molar-refractivity contribution in [2.75, 3.05) is 23.0 Å². The number of anilines is 3. The van der Waals surface area contributed by atoms with E-state index in [1.54, 1.807) is 4.90 Å². The van der Waals surface area contributed by atoms with E-state index >= 15 is 0 Å². The zero-order valence-corrected chi connectivity index (χ0v) is 6.00. The highest BCUT2D eigenvalue weighted by molar-refractivity contribution is 5.81. The number of rotatable bonds is 0. The summed E-state index contributed by atoms with van der Waals surface area (Å²) in [6.45, 7) is 2.83. The van der Waals surface area contributed by atoms with Gasteiger partial charge >= 0.3 is 0 Å². The Kier molecular flexibility index (Phi) is 1.12. The summed E-state index contributed by atoms with van der Waals surface area (Å²) in [6, 6.07) is 0. The van der Waals surface area contributed by atoms with Gasteiger partial charge in [-0.25, -0.2) is 9.97 Å².